The third-order valence-corrected chi connectivity index (χ3v) is 3.33. The number of amides is 2. The molecule has 1 saturated carbocycles. The number of ether oxygens (including phenoxy) is 1. The normalized spacial score (nSPS) is 35.1. The van der Waals surface area contributed by atoms with Crippen LogP contribution in [0.15, 0.2) is 12.2 Å². The van der Waals surface area contributed by atoms with Crippen molar-refractivity contribution in [3.05, 3.63) is 12.2 Å². The number of primary amides is 1. The molecule has 0 heterocycles. The van der Waals surface area contributed by atoms with Crippen molar-refractivity contribution >= 4 is 12.0 Å². The Balaban J connectivity index is 2.12. The molecule has 2 aliphatic carbocycles. The van der Waals surface area contributed by atoms with E-state index in [1.54, 1.807) is 6.92 Å². The number of carbonyl (C=O) groups excluding carboxylic acids is 2. The van der Waals surface area contributed by atoms with E-state index in [9.17, 15) is 9.59 Å². The van der Waals surface area contributed by atoms with Crippen molar-refractivity contribution in [1.29, 1.82) is 0 Å². The van der Waals surface area contributed by atoms with Crippen molar-refractivity contribution in [2.75, 3.05) is 6.61 Å². The Morgan fingerprint density at radius 1 is 1.44 bits per heavy atom. The third kappa shape index (κ3) is 1.77. The summed E-state index contributed by atoms with van der Waals surface area (Å²) in [5.41, 5.74) is 5.11. The minimum atomic E-state index is -0.583. The highest BCUT2D eigenvalue weighted by molar-refractivity contribution is 5.78. The second kappa shape index (κ2) is 4.15. The minimum Gasteiger partial charge on any atom is -0.466 e. The average Bonchev–Trinajstić information content (AvgIpc) is 2.77. The number of carbonyl (C=O) groups is 2. The smallest absolute Gasteiger partial charge is 0.312 e. The number of hydrogen-bond donors (Lipinski definition) is 2. The summed E-state index contributed by atoms with van der Waals surface area (Å²) in [5.74, 6) is -0.117. The highest BCUT2D eigenvalue weighted by Gasteiger charge is 2.49. The monoisotopic (exact) mass is 224 g/mol. The Morgan fingerprint density at radius 2 is 2.12 bits per heavy atom. The molecule has 0 aromatic heterocycles. The van der Waals surface area contributed by atoms with Crippen LogP contribution in [-0.2, 0) is 9.53 Å². The van der Waals surface area contributed by atoms with Gasteiger partial charge in [0, 0.05) is 0 Å². The van der Waals surface area contributed by atoms with Gasteiger partial charge in [-0.2, -0.15) is 0 Å². The van der Waals surface area contributed by atoms with Crippen LogP contribution < -0.4 is 11.1 Å². The zero-order valence-corrected chi connectivity index (χ0v) is 9.18. The van der Waals surface area contributed by atoms with Gasteiger partial charge in [0.15, 0.2) is 0 Å². The van der Waals surface area contributed by atoms with Crippen molar-refractivity contribution in [1.82, 2.24) is 5.32 Å². The number of nitrogens with one attached hydrogen (secondary N) is 1. The van der Waals surface area contributed by atoms with Crippen molar-refractivity contribution < 1.29 is 14.3 Å². The number of urea groups is 1. The summed E-state index contributed by atoms with van der Waals surface area (Å²) in [5, 5.41) is 2.65. The lowest BCUT2D eigenvalue weighted by Crippen LogP contribution is -2.48. The molecule has 0 radical (unpaired) electrons. The molecule has 88 valence electrons. The summed E-state index contributed by atoms with van der Waals surface area (Å²) in [6.07, 6.45) is 4.97. The molecule has 0 spiro atoms. The van der Waals surface area contributed by atoms with E-state index in [1.807, 2.05) is 12.2 Å². The molecule has 1 fully saturated rings. The molecule has 0 aromatic rings. The maximum Gasteiger partial charge on any atom is 0.312 e. The van der Waals surface area contributed by atoms with E-state index in [2.05, 4.69) is 5.32 Å². The molecule has 16 heavy (non-hydrogen) atoms. The molecular formula is C11H16N2O3. The number of fused-ring (bicyclic) bond motifs is 2. The molecule has 0 aliphatic heterocycles. The fourth-order valence-electron chi connectivity index (χ4n) is 2.74. The van der Waals surface area contributed by atoms with Crippen LogP contribution in [0.2, 0.25) is 0 Å². The van der Waals surface area contributed by atoms with Gasteiger partial charge in [-0.05, 0) is 25.2 Å². The first kappa shape index (κ1) is 11.0. The SMILES string of the molecule is CCOC(=O)[C@H]1[C@@H](NC(N)=O)[C@@H]2C=C[C@H]1C2. The van der Waals surface area contributed by atoms with Gasteiger partial charge in [0.25, 0.3) is 0 Å². The summed E-state index contributed by atoms with van der Waals surface area (Å²) in [6.45, 7) is 2.14. The van der Waals surface area contributed by atoms with E-state index in [0.29, 0.717) is 6.61 Å². The Kier molecular flexibility index (Phi) is 2.85. The largest absolute Gasteiger partial charge is 0.466 e. The molecule has 0 aromatic carbocycles. The molecule has 3 N–H and O–H groups in total. The molecule has 2 bridgehead atoms. The number of allylic oxidation sites excluding steroid dienone is 1. The summed E-state index contributed by atoms with van der Waals surface area (Å²) in [4.78, 5) is 22.7. The lowest BCUT2D eigenvalue weighted by Gasteiger charge is -2.26. The Hall–Kier alpha value is -1.52. The molecule has 2 amide bonds. The molecular weight excluding hydrogens is 208 g/mol. The maximum atomic E-state index is 11.8. The van der Waals surface area contributed by atoms with Gasteiger partial charge in [0.1, 0.15) is 0 Å². The topological polar surface area (TPSA) is 81.4 Å². The fourth-order valence-corrected chi connectivity index (χ4v) is 2.74. The second-order valence-electron chi connectivity index (χ2n) is 4.26. The van der Waals surface area contributed by atoms with Crippen LogP contribution in [0.3, 0.4) is 0 Å². The van der Waals surface area contributed by atoms with E-state index < -0.39 is 6.03 Å². The molecule has 2 aliphatic rings. The number of nitrogens with two attached hydrogens (primary N) is 1. The van der Waals surface area contributed by atoms with E-state index >= 15 is 0 Å². The predicted octanol–water partition coefficient (Wildman–Crippen LogP) is 0.408. The Morgan fingerprint density at radius 3 is 2.75 bits per heavy atom. The molecule has 5 nitrogen and oxygen atoms in total. The number of hydrogen-bond acceptors (Lipinski definition) is 3. The molecule has 0 saturated heterocycles. The van der Waals surface area contributed by atoms with E-state index in [0.717, 1.165) is 6.42 Å². The second-order valence-corrected chi connectivity index (χ2v) is 4.26. The first-order valence-electron chi connectivity index (χ1n) is 5.54. The van der Waals surface area contributed by atoms with E-state index in [1.165, 1.54) is 0 Å². The van der Waals surface area contributed by atoms with Crippen molar-refractivity contribution in [2.45, 2.75) is 19.4 Å². The molecule has 4 atom stereocenters. The summed E-state index contributed by atoms with van der Waals surface area (Å²) in [6, 6.07) is -0.785. The predicted molar refractivity (Wildman–Crippen MR) is 57.4 cm³/mol. The average molecular weight is 224 g/mol. The standard InChI is InChI=1S/C11H16N2O3/c1-2-16-10(14)8-6-3-4-7(5-6)9(8)13-11(12)15/h3-4,6-9H,2,5H2,1H3,(H3,12,13,15)/t6-,7+,8+,9-/m0/s1. The zero-order valence-electron chi connectivity index (χ0n) is 9.18. The van der Waals surface area contributed by atoms with Crippen LogP contribution in [0.1, 0.15) is 13.3 Å². The molecule has 0 unspecified atom stereocenters. The van der Waals surface area contributed by atoms with E-state index in [4.69, 9.17) is 10.5 Å². The molecule has 2 rings (SSSR count). The van der Waals surface area contributed by atoms with Crippen LogP contribution >= 0.6 is 0 Å². The lowest BCUT2D eigenvalue weighted by atomic mass is 9.89. The van der Waals surface area contributed by atoms with Crippen LogP contribution in [0.25, 0.3) is 0 Å². The van der Waals surface area contributed by atoms with Crippen LogP contribution in [0, 0.1) is 17.8 Å². The van der Waals surface area contributed by atoms with Crippen LogP contribution in [0.5, 0.6) is 0 Å². The first-order valence-corrected chi connectivity index (χ1v) is 5.54. The summed E-state index contributed by atoms with van der Waals surface area (Å²) < 4.78 is 5.03. The van der Waals surface area contributed by atoms with Crippen LogP contribution in [0.4, 0.5) is 4.79 Å². The van der Waals surface area contributed by atoms with Gasteiger partial charge in [-0.15, -0.1) is 0 Å². The van der Waals surface area contributed by atoms with Crippen molar-refractivity contribution in [3.8, 4) is 0 Å². The van der Waals surface area contributed by atoms with Gasteiger partial charge in [-0.25, -0.2) is 4.79 Å². The minimum absolute atomic E-state index is 0.181. The highest BCUT2D eigenvalue weighted by Crippen LogP contribution is 2.44. The Bertz CT molecular complexity index is 340. The lowest BCUT2D eigenvalue weighted by molar-refractivity contribution is -0.149. The summed E-state index contributed by atoms with van der Waals surface area (Å²) in [7, 11) is 0. The quantitative estimate of drug-likeness (QED) is 0.538. The van der Waals surface area contributed by atoms with E-state index in [-0.39, 0.29) is 29.8 Å². The van der Waals surface area contributed by atoms with Gasteiger partial charge in [-0.3, -0.25) is 4.79 Å². The maximum absolute atomic E-state index is 11.8. The first-order chi connectivity index (χ1) is 7.63. The zero-order chi connectivity index (χ0) is 11.7. The number of rotatable bonds is 3. The van der Waals surface area contributed by atoms with Gasteiger partial charge in [-0.1, -0.05) is 12.2 Å². The van der Waals surface area contributed by atoms with Gasteiger partial charge < -0.3 is 15.8 Å². The highest BCUT2D eigenvalue weighted by atomic mass is 16.5. The fraction of sp³-hybridized carbons (Fsp3) is 0.636. The Labute approximate surface area is 94.0 Å². The summed E-state index contributed by atoms with van der Waals surface area (Å²) >= 11 is 0. The van der Waals surface area contributed by atoms with Gasteiger partial charge in [0.2, 0.25) is 0 Å². The van der Waals surface area contributed by atoms with Crippen molar-refractivity contribution in [2.24, 2.45) is 23.5 Å². The molecule has 5 heteroatoms. The third-order valence-electron chi connectivity index (χ3n) is 3.33. The van der Waals surface area contributed by atoms with Gasteiger partial charge >= 0.3 is 12.0 Å². The van der Waals surface area contributed by atoms with Gasteiger partial charge in [0.05, 0.1) is 18.6 Å². The van der Waals surface area contributed by atoms with Crippen LogP contribution in [-0.4, -0.2) is 24.6 Å². The van der Waals surface area contributed by atoms with Crippen molar-refractivity contribution in [3.63, 3.8) is 0 Å². The number of esters is 1.